The minimum absolute atomic E-state index is 0.374. The molecule has 0 saturated carbocycles. The van der Waals surface area contributed by atoms with Gasteiger partial charge < -0.3 is 15.0 Å². The molecule has 1 heterocycles. The van der Waals surface area contributed by atoms with Crippen molar-refractivity contribution in [3.63, 3.8) is 0 Å². The van der Waals surface area contributed by atoms with E-state index in [4.69, 9.17) is 5.11 Å². The summed E-state index contributed by atoms with van der Waals surface area (Å²) in [6.07, 6.45) is 1.59. The highest BCUT2D eigenvalue weighted by Crippen LogP contribution is 2.28. The minimum Gasteiger partial charge on any atom is -0.481 e. The third-order valence-electron chi connectivity index (χ3n) is 3.07. The van der Waals surface area contributed by atoms with Crippen LogP contribution >= 0.6 is 0 Å². The maximum atomic E-state index is 11.4. The van der Waals surface area contributed by atoms with Crippen molar-refractivity contribution in [3.8, 4) is 0 Å². The second-order valence-electron chi connectivity index (χ2n) is 4.50. The standard InChI is InChI=1S/C11H15N3O3/c1-14(2)9-7-5-6(10(15)16)3-4-8(7)12-11(17)13-9/h6H,3-5H2,1-2H3,(H,15,16)(H,12,13,17). The van der Waals surface area contributed by atoms with E-state index >= 15 is 0 Å². The van der Waals surface area contributed by atoms with E-state index in [0.29, 0.717) is 25.1 Å². The number of aliphatic carboxylic acids is 1. The highest BCUT2D eigenvalue weighted by molar-refractivity contribution is 5.71. The lowest BCUT2D eigenvalue weighted by Gasteiger charge is -2.25. The second kappa shape index (κ2) is 4.20. The fourth-order valence-corrected chi connectivity index (χ4v) is 2.21. The lowest BCUT2D eigenvalue weighted by molar-refractivity contribution is -0.142. The first-order valence-electron chi connectivity index (χ1n) is 5.51. The second-order valence-corrected chi connectivity index (χ2v) is 4.50. The molecule has 1 aliphatic carbocycles. The zero-order valence-corrected chi connectivity index (χ0v) is 9.86. The Labute approximate surface area is 98.3 Å². The van der Waals surface area contributed by atoms with Gasteiger partial charge in [-0.05, 0) is 19.3 Å². The van der Waals surface area contributed by atoms with E-state index in [1.165, 1.54) is 0 Å². The number of rotatable bonds is 2. The zero-order chi connectivity index (χ0) is 12.6. The van der Waals surface area contributed by atoms with Gasteiger partial charge in [0.2, 0.25) is 0 Å². The van der Waals surface area contributed by atoms with Crippen LogP contribution in [0.1, 0.15) is 17.7 Å². The Kier molecular flexibility index (Phi) is 2.87. The van der Waals surface area contributed by atoms with E-state index in [9.17, 15) is 9.59 Å². The number of hydrogen-bond donors (Lipinski definition) is 2. The first kappa shape index (κ1) is 11.6. The largest absolute Gasteiger partial charge is 0.481 e. The molecule has 0 spiro atoms. The lowest BCUT2D eigenvalue weighted by atomic mass is 9.86. The third-order valence-corrected chi connectivity index (χ3v) is 3.07. The molecule has 1 atom stereocenters. The average Bonchev–Trinajstić information content (AvgIpc) is 2.26. The number of aryl methyl sites for hydroxylation is 1. The maximum absolute atomic E-state index is 11.4. The van der Waals surface area contributed by atoms with Crippen molar-refractivity contribution in [2.24, 2.45) is 5.92 Å². The third kappa shape index (κ3) is 2.15. The van der Waals surface area contributed by atoms with Gasteiger partial charge in [0.1, 0.15) is 5.82 Å². The molecule has 0 radical (unpaired) electrons. The van der Waals surface area contributed by atoms with E-state index in [1.54, 1.807) is 19.0 Å². The van der Waals surface area contributed by atoms with E-state index in [-0.39, 0.29) is 11.6 Å². The first-order chi connectivity index (χ1) is 7.99. The SMILES string of the molecule is CN(C)c1nc(=O)[nH]c2c1CC(C(=O)O)CC2. The molecule has 2 rings (SSSR count). The van der Waals surface area contributed by atoms with Crippen molar-refractivity contribution in [2.75, 3.05) is 19.0 Å². The predicted molar refractivity (Wildman–Crippen MR) is 62.3 cm³/mol. The molecule has 6 heteroatoms. The Bertz CT molecular complexity index is 507. The Hall–Kier alpha value is -1.85. The molecule has 1 aliphatic rings. The van der Waals surface area contributed by atoms with Crippen LogP contribution in [0.15, 0.2) is 4.79 Å². The van der Waals surface area contributed by atoms with E-state index in [0.717, 1.165) is 11.3 Å². The fraction of sp³-hybridized carbons (Fsp3) is 0.545. The molecule has 0 fully saturated rings. The number of nitrogens with one attached hydrogen (secondary N) is 1. The molecule has 92 valence electrons. The summed E-state index contributed by atoms with van der Waals surface area (Å²) in [4.78, 5) is 30.7. The van der Waals surface area contributed by atoms with Crippen molar-refractivity contribution in [1.29, 1.82) is 0 Å². The van der Waals surface area contributed by atoms with Gasteiger partial charge in [0.05, 0.1) is 5.92 Å². The molecule has 1 unspecified atom stereocenters. The van der Waals surface area contributed by atoms with Crippen LogP contribution in [0.25, 0.3) is 0 Å². The predicted octanol–water partition coefficient (Wildman–Crippen LogP) is 0.0254. The molecule has 2 N–H and O–H groups in total. The number of carboxylic acids is 1. The minimum atomic E-state index is -0.786. The Balaban J connectivity index is 2.48. The highest BCUT2D eigenvalue weighted by atomic mass is 16.4. The molecule has 17 heavy (non-hydrogen) atoms. The van der Waals surface area contributed by atoms with Gasteiger partial charge in [0, 0.05) is 25.4 Å². The smallest absolute Gasteiger partial charge is 0.347 e. The molecular formula is C11H15N3O3. The normalized spacial score (nSPS) is 18.6. The summed E-state index contributed by atoms with van der Waals surface area (Å²) in [6, 6.07) is 0. The highest BCUT2D eigenvalue weighted by Gasteiger charge is 2.27. The van der Waals surface area contributed by atoms with Crippen LogP contribution in [0.2, 0.25) is 0 Å². The Morgan fingerprint density at radius 3 is 2.82 bits per heavy atom. The number of H-pyrrole nitrogens is 1. The summed E-state index contributed by atoms with van der Waals surface area (Å²) < 4.78 is 0. The van der Waals surface area contributed by atoms with Gasteiger partial charge in [0.25, 0.3) is 0 Å². The van der Waals surface area contributed by atoms with Crippen LogP contribution in [-0.2, 0) is 17.6 Å². The molecule has 0 aromatic carbocycles. The molecular weight excluding hydrogens is 222 g/mol. The van der Waals surface area contributed by atoms with Crippen LogP contribution in [0.4, 0.5) is 5.82 Å². The number of anilines is 1. The number of carboxylic acid groups (broad SMARTS) is 1. The Morgan fingerprint density at radius 1 is 1.53 bits per heavy atom. The molecule has 1 aromatic heterocycles. The molecule has 1 aromatic rings. The molecule has 6 nitrogen and oxygen atoms in total. The number of fused-ring (bicyclic) bond motifs is 1. The van der Waals surface area contributed by atoms with Crippen LogP contribution in [0, 0.1) is 5.92 Å². The molecule has 0 saturated heterocycles. The van der Waals surface area contributed by atoms with Gasteiger partial charge in [-0.2, -0.15) is 4.98 Å². The summed E-state index contributed by atoms with van der Waals surface area (Å²) in [5.74, 6) is -0.588. The van der Waals surface area contributed by atoms with E-state index < -0.39 is 5.97 Å². The van der Waals surface area contributed by atoms with Gasteiger partial charge >= 0.3 is 11.7 Å². The summed E-state index contributed by atoms with van der Waals surface area (Å²) in [7, 11) is 3.60. The first-order valence-corrected chi connectivity index (χ1v) is 5.51. The van der Waals surface area contributed by atoms with Gasteiger partial charge in [-0.15, -0.1) is 0 Å². The summed E-state index contributed by atoms with van der Waals surface area (Å²) in [5.41, 5.74) is 1.31. The van der Waals surface area contributed by atoms with Gasteiger partial charge in [-0.25, -0.2) is 4.79 Å². The Morgan fingerprint density at radius 2 is 2.24 bits per heavy atom. The molecule has 0 aliphatic heterocycles. The van der Waals surface area contributed by atoms with E-state index in [2.05, 4.69) is 9.97 Å². The van der Waals surface area contributed by atoms with Crippen molar-refractivity contribution in [2.45, 2.75) is 19.3 Å². The summed E-state index contributed by atoms with van der Waals surface area (Å²) in [5, 5.41) is 9.04. The van der Waals surface area contributed by atoms with Crippen molar-refractivity contribution in [1.82, 2.24) is 9.97 Å². The van der Waals surface area contributed by atoms with Crippen LogP contribution < -0.4 is 10.6 Å². The van der Waals surface area contributed by atoms with Gasteiger partial charge in [-0.1, -0.05) is 0 Å². The quantitative estimate of drug-likeness (QED) is 0.757. The lowest BCUT2D eigenvalue weighted by Crippen LogP contribution is -2.29. The van der Waals surface area contributed by atoms with Crippen molar-refractivity contribution < 1.29 is 9.90 Å². The number of carbonyl (C=O) groups is 1. The fourth-order valence-electron chi connectivity index (χ4n) is 2.21. The number of hydrogen-bond acceptors (Lipinski definition) is 4. The summed E-state index contributed by atoms with van der Waals surface area (Å²) in [6.45, 7) is 0. The van der Waals surface area contributed by atoms with Crippen LogP contribution in [-0.4, -0.2) is 35.1 Å². The summed E-state index contributed by atoms with van der Waals surface area (Å²) >= 11 is 0. The number of nitrogens with zero attached hydrogens (tertiary/aromatic N) is 2. The maximum Gasteiger partial charge on any atom is 0.347 e. The topological polar surface area (TPSA) is 86.3 Å². The number of aromatic nitrogens is 2. The monoisotopic (exact) mass is 237 g/mol. The average molecular weight is 237 g/mol. The van der Waals surface area contributed by atoms with Crippen molar-refractivity contribution >= 4 is 11.8 Å². The number of aromatic amines is 1. The van der Waals surface area contributed by atoms with Crippen LogP contribution in [0.3, 0.4) is 0 Å². The van der Waals surface area contributed by atoms with Crippen molar-refractivity contribution in [3.05, 3.63) is 21.7 Å². The van der Waals surface area contributed by atoms with E-state index in [1.807, 2.05) is 0 Å². The van der Waals surface area contributed by atoms with Crippen LogP contribution in [0.5, 0.6) is 0 Å². The van der Waals surface area contributed by atoms with Gasteiger partial charge in [-0.3, -0.25) is 4.79 Å². The zero-order valence-electron chi connectivity index (χ0n) is 9.86. The molecule has 0 bridgehead atoms. The molecule has 0 amide bonds. The van der Waals surface area contributed by atoms with Gasteiger partial charge in [0.15, 0.2) is 0 Å².